The van der Waals surface area contributed by atoms with Gasteiger partial charge in [-0.25, -0.2) is 13.2 Å². The fourth-order valence-corrected chi connectivity index (χ4v) is 5.22. The molecule has 0 bridgehead atoms. The molecule has 0 saturated carbocycles. The average Bonchev–Trinajstić information content (AvgIpc) is 3.06. The molecule has 8 nitrogen and oxygen atoms in total. The van der Waals surface area contributed by atoms with Crippen LogP contribution in [0.15, 0.2) is 70.8 Å². The van der Waals surface area contributed by atoms with Crippen molar-refractivity contribution in [3.05, 3.63) is 81.5 Å². The van der Waals surface area contributed by atoms with Crippen LogP contribution < -0.4 is 0 Å². The minimum absolute atomic E-state index is 0.113. The van der Waals surface area contributed by atoms with Crippen LogP contribution in [0.4, 0.5) is 5.69 Å². The highest BCUT2D eigenvalue weighted by Crippen LogP contribution is 2.44. The van der Waals surface area contributed by atoms with E-state index in [0.717, 1.165) is 10.4 Å². The number of carbonyl (C=O) groups is 1. The molecule has 0 aromatic heterocycles. The first kappa shape index (κ1) is 19.6. The highest BCUT2D eigenvalue weighted by molar-refractivity contribution is 7.89. The number of rotatable bonds is 5. The van der Waals surface area contributed by atoms with Crippen LogP contribution in [0.1, 0.15) is 24.9 Å². The lowest BCUT2D eigenvalue weighted by Gasteiger charge is -2.28. The van der Waals surface area contributed by atoms with E-state index in [0.29, 0.717) is 5.56 Å². The third-order valence-corrected chi connectivity index (χ3v) is 6.61. The third-order valence-electron chi connectivity index (χ3n) is 4.66. The van der Waals surface area contributed by atoms with Crippen LogP contribution in [-0.4, -0.2) is 30.7 Å². The van der Waals surface area contributed by atoms with Crippen LogP contribution in [0.3, 0.4) is 0 Å². The van der Waals surface area contributed by atoms with Crippen molar-refractivity contribution < 1.29 is 22.9 Å². The summed E-state index contributed by atoms with van der Waals surface area (Å²) in [4.78, 5) is 22.4. The number of carbonyl (C=O) groups excluding carboxylic acids is 1. The molecule has 0 spiro atoms. The molecule has 1 aliphatic rings. The molecule has 0 N–H and O–H groups in total. The predicted molar refractivity (Wildman–Crippen MR) is 101 cm³/mol. The van der Waals surface area contributed by atoms with E-state index in [1.165, 1.54) is 32.2 Å². The van der Waals surface area contributed by atoms with Crippen molar-refractivity contribution in [3.8, 4) is 0 Å². The van der Waals surface area contributed by atoms with Crippen LogP contribution >= 0.6 is 0 Å². The summed E-state index contributed by atoms with van der Waals surface area (Å²) in [6, 6.07) is 13.3. The van der Waals surface area contributed by atoms with Crippen LogP contribution in [-0.2, 0) is 19.6 Å². The van der Waals surface area contributed by atoms with E-state index in [2.05, 4.69) is 0 Å². The van der Waals surface area contributed by atoms with Gasteiger partial charge in [-0.05, 0) is 18.6 Å². The number of sulfonamides is 1. The fraction of sp³-hybridized carbons (Fsp3) is 0.211. The number of hydrogen-bond donors (Lipinski definition) is 0. The molecule has 0 aliphatic carbocycles. The summed E-state index contributed by atoms with van der Waals surface area (Å²) >= 11 is 0. The van der Waals surface area contributed by atoms with E-state index in [1.54, 1.807) is 30.3 Å². The monoisotopic (exact) mass is 402 g/mol. The van der Waals surface area contributed by atoms with Crippen molar-refractivity contribution in [3.63, 3.8) is 0 Å². The highest BCUT2D eigenvalue weighted by Gasteiger charge is 2.43. The van der Waals surface area contributed by atoms with Gasteiger partial charge in [-0.1, -0.05) is 42.5 Å². The highest BCUT2D eigenvalue weighted by atomic mass is 32.2. The quantitative estimate of drug-likeness (QED) is 0.432. The van der Waals surface area contributed by atoms with E-state index >= 15 is 0 Å². The largest absolute Gasteiger partial charge is 0.466 e. The van der Waals surface area contributed by atoms with Crippen LogP contribution in [0.25, 0.3) is 0 Å². The molecule has 0 amide bonds. The minimum Gasteiger partial charge on any atom is -0.466 e. The maximum Gasteiger partial charge on any atom is 0.335 e. The zero-order valence-electron chi connectivity index (χ0n) is 15.2. The fourth-order valence-electron chi connectivity index (χ4n) is 3.35. The molecule has 1 unspecified atom stereocenters. The number of hydrogen-bond acceptors (Lipinski definition) is 6. The lowest BCUT2D eigenvalue weighted by Crippen LogP contribution is -2.30. The van der Waals surface area contributed by atoms with Gasteiger partial charge in [-0.3, -0.25) is 14.4 Å². The molecule has 0 fully saturated rings. The first-order chi connectivity index (χ1) is 13.3. The normalized spacial score (nSPS) is 16.9. The number of allylic oxidation sites excluding steroid dienone is 1. The number of methoxy groups -OCH3 is 1. The summed E-state index contributed by atoms with van der Waals surface area (Å²) in [6.45, 7) is 1.50. The zero-order chi connectivity index (χ0) is 20.5. The Balaban J connectivity index is 2.21. The molecule has 28 heavy (non-hydrogen) atoms. The Hall–Kier alpha value is -3.20. The molecular formula is C19H18N2O6S. The lowest BCUT2D eigenvalue weighted by atomic mass is 10.0. The van der Waals surface area contributed by atoms with Crippen LogP contribution in [0.5, 0.6) is 0 Å². The summed E-state index contributed by atoms with van der Waals surface area (Å²) < 4.78 is 32.8. The molecule has 3 rings (SSSR count). The number of nitrogens with zero attached hydrogens (tertiary/aromatic N) is 2. The second-order valence-corrected chi connectivity index (χ2v) is 8.00. The van der Waals surface area contributed by atoms with Crippen molar-refractivity contribution in [1.82, 2.24) is 4.31 Å². The summed E-state index contributed by atoms with van der Waals surface area (Å²) in [6.07, 6.45) is 0.113. The molecule has 9 heteroatoms. The molecular weight excluding hydrogens is 384 g/mol. The van der Waals surface area contributed by atoms with E-state index in [4.69, 9.17) is 4.74 Å². The van der Waals surface area contributed by atoms with E-state index < -0.39 is 37.5 Å². The van der Waals surface area contributed by atoms with Gasteiger partial charge in [-0.2, -0.15) is 0 Å². The second-order valence-electron chi connectivity index (χ2n) is 6.21. The molecule has 146 valence electrons. The molecule has 2 aromatic carbocycles. The van der Waals surface area contributed by atoms with Crippen molar-refractivity contribution in [2.24, 2.45) is 0 Å². The van der Waals surface area contributed by atoms with E-state index in [9.17, 15) is 23.3 Å². The van der Waals surface area contributed by atoms with Crippen LogP contribution in [0.2, 0.25) is 0 Å². The van der Waals surface area contributed by atoms with Crippen LogP contribution in [0, 0.1) is 10.1 Å². The van der Waals surface area contributed by atoms with Gasteiger partial charge in [0.1, 0.15) is 0 Å². The van der Waals surface area contributed by atoms with Gasteiger partial charge < -0.3 is 4.74 Å². The van der Waals surface area contributed by atoms with Gasteiger partial charge >= 0.3 is 5.97 Å². The Morgan fingerprint density at radius 3 is 2.36 bits per heavy atom. The van der Waals surface area contributed by atoms with Crippen molar-refractivity contribution in [2.75, 3.05) is 7.11 Å². The number of nitro groups is 1. The summed E-state index contributed by atoms with van der Waals surface area (Å²) in [7, 11) is -3.09. The van der Waals surface area contributed by atoms with Gasteiger partial charge in [0.15, 0.2) is 4.90 Å². The van der Waals surface area contributed by atoms with E-state index in [1.807, 2.05) is 0 Å². The number of para-hydroxylation sites is 1. The average molecular weight is 402 g/mol. The molecule has 1 heterocycles. The Kier molecular flexibility index (Phi) is 5.19. The summed E-state index contributed by atoms with van der Waals surface area (Å²) in [5.74, 6) is -0.626. The summed E-state index contributed by atoms with van der Waals surface area (Å²) in [5.41, 5.74) is 0.564. The Morgan fingerprint density at radius 1 is 1.14 bits per heavy atom. The molecule has 1 aliphatic heterocycles. The van der Waals surface area contributed by atoms with Crippen molar-refractivity contribution >= 4 is 21.7 Å². The first-order valence-corrected chi connectivity index (χ1v) is 9.84. The standard InChI is InChI=1S/C19H18N2O6S/c1-13-15(19(22)27-2)12-17(14-8-4-3-5-9-14)20(13)28(25,26)18-11-7-6-10-16(18)21(23)24/h3-11,17H,12H2,1-2H3. The number of benzene rings is 2. The van der Waals surface area contributed by atoms with Crippen molar-refractivity contribution in [2.45, 2.75) is 24.3 Å². The number of ether oxygens (including phenoxy) is 1. The molecule has 1 atom stereocenters. The van der Waals surface area contributed by atoms with Crippen molar-refractivity contribution in [1.29, 1.82) is 0 Å². The second kappa shape index (κ2) is 7.43. The Bertz CT molecular complexity index is 1060. The van der Waals surface area contributed by atoms with Gasteiger partial charge in [-0.15, -0.1) is 0 Å². The van der Waals surface area contributed by atoms with Gasteiger partial charge in [0.2, 0.25) is 0 Å². The number of esters is 1. The molecule has 2 aromatic rings. The Morgan fingerprint density at radius 2 is 1.75 bits per heavy atom. The third kappa shape index (κ3) is 3.24. The van der Waals surface area contributed by atoms with Gasteiger partial charge in [0.05, 0.1) is 23.6 Å². The topological polar surface area (TPSA) is 107 Å². The maximum absolute atomic E-state index is 13.4. The maximum atomic E-state index is 13.4. The SMILES string of the molecule is COC(=O)C1=C(C)N(S(=O)(=O)c2ccccc2[N+](=O)[O-])C(c2ccccc2)C1. The minimum atomic E-state index is -4.31. The Labute approximate surface area is 162 Å². The van der Waals surface area contributed by atoms with Gasteiger partial charge in [0, 0.05) is 18.2 Å². The zero-order valence-corrected chi connectivity index (χ0v) is 16.0. The summed E-state index contributed by atoms with van der Waals surface area (Å²) in [5, 5.41) is 11.4. The van der Waals surface area contributed by atoms with Gasteiger partial charge in [0.25, 0.3) is 15.7 Å². The number of nitro benzene ring substituents is 1. The lowest BCUT2D eigenvalue weighted by molar-refractivity contribution is -0.387. The predicted octanol–water partition coefficient (Wildman–Crippen LogP) is 3.18. The van der Waals surface area contributed by atoms with E-state index in [-0.39, 0.29) is 17.7 Å². The molecule has 0 saturated heterocycles. The molecule has 0 radical (unpaired) electrons. The first-order valence-electron chi connectivity index (χ1n) is 8.40. The smallest absolute Gasteiger partial charge is 0.335 e.